The minimum Gasteiger partial charge on any atom is -0.302 e. The van der Waals surface area contributed by atoms with Gasteiger partial charge in [-0.2, -0.15) is 0 Å². The van der Waals surface area contributed by atoms with Crippen molar-refractivity contribution in [1.29, 1.82) is 0 Å². The van der Waals surface area contributed by atoms with Crippen LogP contribution >= 0.6 is 11.3 Å². The van der Waals surface area contributed by atoms with E-state index in [0.29, 0.717) is 0 Å². The molecule has 1 aromatic heterocycles. The van der Waals surface area contributed by atoms with Gasteiger partial charge in [-0.05, 0) is 42.9 Å². The molecule has 0 saturated carbocycles. The van der Waals surface area contributed by atoms with Crippen LogP contribution in [0.15, 0.2) is 47.8 Å². The van der Waals surface area contributed by atoms with Crippen LogP contribution in [0.25, 0.3) is 0 Å². The van der Waals surface area contributed by atoms with Gasteiger partial charge in [0.1, 0.15) is 0 Å². The van der Waals surface area contributed by atoms with Gasteiger partial charge in [-0.25, -0.2) is 0 Å². The largest absolute Gasteiger partial charge is 0.302 e. The summed E-state index contributed by atoms with van der Waals surface area (Å²) >= 11 is 1.54. The number of carbonyl (C=O) groups is 1. The molecule has 0 amide bonds. The molecule has 1 aromatic carbocycles. The monoisotopic (exact) mass is 285 g/mol. The number of nitrogens with zero attached hydrogens (tertiary/aromatic N) is 1. The van der Waals surface area contributed by atoms with Crippen molar-refractivity contribution in [3.63, 3.8) is 0 Å². The lowest BCUT2D eigenvalue weighted by molar-refractivity contribution is 0.0944. The molecule has 0 aliphatic carbocycles. The van der Waals surface area contributed by atoms with Gasteiger partial charge in [0.15, 0.2) is 5.78 Å². The fraction of sp³-hybridized carbons (Fsp3) is 0.353. The van der Waals surface area contributed by atoms with Crippen molar-refractivity contribution in [2.24, 2.45) is 0 Å². The summed E-state index contributed by atoms with van der Waals surface area (Å²) < 4.78 is 0. The van der Waals surface area contributed by atoms with Gasteiger partial charge in [0.2, 0.25) is 0 Å². The molecule has 0 radical (unpaired) electrons. The first kappa shape index (κ1) is 13.5. The van der Waals surface area contributed by atoms with E-state index >= 15 is 0 Å². The summed E-state index contributed by atoms with van der Waals surface area (Å²) in [5.74, 6) is 0.228. The van der Waals surface area contributed by atoms with Crippen molar-refractivity contribution >= 4 is 17.1 Å². The highest BCUT2D eigenvalue weighted by Gasteiger charge is 2.26. The molecule has 2 heterocycles. The number of hydrogen-bond acceptors (Lipinski definition) is 3. The van der Waals surface area contributed by atoms with Crippen LogP contribution < -0.4 is 0 Å². The number of likely N-dealkylation sites (tertiary alicyclic amines) is 1. The maximum atomic E-state index is 12.8. The Morgan fingerprint density at radius 3 is 2.50 bits per heavy atom. The zero-order chi connectivity index (χ0) is 13.8. The summed E-state index contributed by atoms with van der Waals surface area (Å²) in [7, 11) is 0. The highest BCUT2D eigenvalue weighted by Crippen LogP contribution is 2.25. The molecule has 0 unspecified atom stereocenters. The Labute approximate surface area is 124 Å². The Bertz CT molecular complexity index is 544. The summed E-state index contributed by atoms with van der Waals surface area (Å²) in [6.45, 7) is 3.10. The van der Waals surface area contributed by atoms with E-state index < -0.39 is 0 Å². The van der Waals surface area contributed by atoms with Gasteiger partial charge in [0.25, 0.3) is 0 Å². The Kier molecular flexibility index (Phi) is 4.28. The van der Waals surface area contributed by atoms with Crippen LogP contribution in [-0.2, 0) is 0 Å². The zero-order valence-corrected chi connectivity index (χ0v) is 12.3. The van der Waals surface area contributed by atoms with Crippen molar-refractivity contribution in [3.8, 4) is 0 Å². The minimum absolute atomic E-state index is 0.0343. The van der Waals surface area contributed by atoms with Crippen molar-refractivity contribution in [3.05, 3.63) is 58.3 Å². The Morgan fingerprint density at radius 1 is 1.10 bits per heavy atom. The topological polar surface area (TPSA) is 20.3 Å². The minimum atomic E-state index is -0.0343. The quantitative estimate of drug-likeness (QED) is 0.779. The smallest absolute Gasteiger partial charge is 0.181 e. The first-order valence-electron chi connectivity index (χ1n) is 7.19. The van der Waals surface area contributed by atoms with Crippen LogP contribution in [0.4, 0.5) is 0 Å². The van der Waals surface area contributed by atoms with E-state index in [0.717, 1.165) is 30.1 Å². The van der Waals surface area contributed by atoms with Crippen molar-refractivity contribution in [2.45, 2.75) is 18.8 Å². The fourth-order valence-corrected chi connectivity index (χ4v) is 3.56. The first-order chi connectivity index (χ1) is 9.84. The molecule has 0 bridgehead atoms. The van der Waals surface area contributed by atoms with Crippen molar-refractivity contribution in [2.75, 3.05) is 19.6 Å². The van der Waals surface area contributed by atoms with Crippen LogP contribution in [0.3, 0.4) is 0 Å². The molecule has 3 rings (SSSR count). The number of ketones is 1. The molecule has 1 aliphatic heterocycles. The van der Waals surface area contributed by atoms with Crippen LogP contribution in [0.2, 0.25) is 0 Å². The number of hydrogen-bond donors (Lipinski definition) is 0. The molecule has 1 fully saturated rings. The SMILES string of the molecule is O=C(c1cccs1)[C@@H](CN1CCCC1)c1ccccc1. The summed E-state index contributed by atoms with van der Waals surface area (Å²) in [5, 5.41) is 1.98. The number of carbonyl (C=O) groups excluding carboxylic acids is 1. The van der Waals surface area contributed by atoms with Crippen LogP contribution in [0, 0.1) is 0 Å². The van der Waals surface area contributed by atoms with Gasteiger partial charge < -0.3 is 4.90 Å². The highest BCUT2D eigenvalue weighted by molar-refractivity contribution is 7.12. The summed E-state index contributed by atoms with van der Waals surface area (Å²) in [4.78, 5) is 16.1. The van der Waals surface area contributed by atoms with E-state index in [1.54, 1.807) is 11.3 Å². The predicted octanol–water partition coefficient (Wildman–Crippen LogP) is 3.81. The lowest BCUT2D eigenvalue weighted by atomic mass is 9.93. The maximum Gasteiger partial charge on any atom is 0.181 e. The van der Waals surface area contributed by atoms with Gasteiger partial charge >= 0.3 is 0 Å². The van der Waals surface area contributed by atoms with E-state index in [-0.39, 0.29) is 11.7 Å². The van der Waals surface area contributed by atoms with E-state index in [1.165, 1.54) is 12.8 Å². The molecule has 3 heteroatoms. The van der Waals surface area contributed by atoms with E-state index in [4.69, 9.17) is 0 Å². The third-order valence-corrected chi connectivity index (χ3v) is 4.81. The Morgan fingerprint density at radius 2 is 1.85 bits per heavy atom. The second kappa shape index (κ2) is 6.33. The molecule has 1 saturated heterocycles. The zero-order valence-electron chi connectivity index (χ0n) is 11.5. The van der Waals surface area contributed by atoms with E-state index in [1.807, 2.05) is 35.7 Å². The highest BCUT2D eigenvalue weighted by atomic mass is 32.1. The summed E-state index contributed by atoms with van der Waals surface area (Å²) in [6.07, 6.45) is 2.52. The van der Waals surface area contributed by atoms with Crippen molar-refractivity contribution < 1.29 is 4.79 Å². The predicted molar refractivity (Wildman–Crippen MR) is 83.5 cm³/mol. The number of rotatable bonds is 5. The van der Waals surface area contributed by atoms with E-state index in [2.05, 4.69) is 17.0 Å². The Hall–Kier alpha value is -1.45. The van der Waals surface area contributed by atoms with Gasteiger partial charge in [-0.15, -0.1) is 11.3 Å². The van der Waals surface area contributed by atoms with Gasteiger partial charge in [0, 0.05) is 6.54 Å². The van der Waals surface area contributed by atoms with E-state index in [9.17, 15) is 4.79 Å². The second-order valence-corrected chi connectivity index (χ2v) is 6.26. The molecular weight excluding hydrogens is 266 g/mol. The standard InChI is InChI=1S/C17H19NOS/c19-17(16-9-6-12-20-16)15(13-18-10-4-5-11-18)14-7-2-1-3-8-14/h1-3,6-9,12,15H,4-5,10-11,13H2/t15-/m0/s1. The van der Waals surface area contributed by atoms with Crippen LogP contribution in [-0.4, -0.2) is 30.3 Å². The molecule has 104 valence electrons. The summed E-state index contributed by atoms with van der Waals surface area (Å²) in [5.41, 5.74) is 1.14. The van der Waals surface area contributed by atoms with Gasteiger partial charge in [-0.1, -0.05) is 36.4 Å². The molecule has 0 spiro atoms. The van der Waals surface area contributed by atoms with Crippen LogP contribution in [0.1, 0.15) is 34.0 Å². The van der Waals surface area contributed by atoms with Gasteiger partial charge in [-0.3, -0.25) is 4.79 Å². The molecule has 0 N–H and O–H groups in total. The van der Waals surface area contributed by atoms with Crippen molar-refractivity contribution in [1.82, 2.24) is 4.90 Å². The Balaban J connectivity index is 1.84. The molecule has 20 heavy (non-hydrogen) atoms. The third-order valence-electron chi connectivity index (χ3n) is 3.92. The second-order valence-electron chi connectivity index (χ2n) is 5.31. The summed E-state index contributed by atoms with van der Waals surface area (Å²) in [6, 6.07) is 14.1. The molecule has 2 nitrogen and oxygen atoms in total. The number of Topliss-reactive ketones (excluding diaryl/α,β-unsaturated/α-hetero) is 1. The molecule has 2 aromatic rings. The maximum absolute atomic E-state index is 12.8. The number of thiophene rings is 1. The van der Waals surface area contributed by atoms with Gasteiger partial charge in [0.05, 0.1) is 10.8 Å². The molecule has 1 atom stereocenters. The average molecular weight is 285 g/mol. The first-order valence-corrected chi connectivity index (χ1v) is 8.07. The molecular formula is C17H19NOS. The lowest BCUT2D eigenvalue weighted by Gasteiger charge is -2.22. The fourth-order valence-electron chi connectivity index (χ4n) is 2.84. The third kappa shape index (κ3) is 3.00. The normalized spacial score (nSPS) is 17.2. The van der Waals surface area contributed by atoms with Crippen LogP contribution in [0.5, 0.6) is 0 Å². The average Bonchev–Trinajstić information content (AvgIpc) is 3.18. The number of benzene rings is 1. The molecule has 1 aliphatic rings. The lowest BCUT2D eigenvalue weighted by Crippen LogP contribution is -2.29.